The van der Waals surface area contributed by atoms with E-state index in [-0.39, 0.29) is 24.5 Å². The first-order valence-corrected chi connectivity index (χ1v) is 14.1. The number of fused-ring (bicyclic) bond motifs is 1. The third-order valence-electron chi connectivity index (χ3n) is 7.38. The highest BCUT2D eigenvalue weighted by Gasteiger charge is 2.26. The van der Waals surface area contributed by atoms with E-state index in [0.29, 0.717) is 19.4 Å². The van der Waals surface area contributed by atoms with Gasteiger partial charge in [-0.3, -0.25) is 4.99 Å². The second-order valence-corrected chi connectivity index (χ2v) is 11.1. The predicted octanol–water partition coefficient (Wildman–Crippen LogP) is 6.26. The topological polar surface area (TPSA) is 115 Å². The Kier molecular flexibility index (Phi) is 11.4. The maximum Gasteiger partial charge on any atom is 0.155 e. The fraction of sp³-hybridized carbons (Fsp3) is 0.394. The van der Waals surface area contributed by atoms with Crippen molar-refractivity contribution in [2.24, 2.45) is 15.7 Å². The number of likely N-dealkylation sites (N-methyl/N-ethyl adjacent to an activating group) is 1. The summed E-state index contributed by atoms with van der Waals surface area (Å²) >= 11 is 0. The number of aldehydes is 1. The highest BCUT2D eigenvalue weighted by atomic mass is 16.7. The fourth-order valence-electron chi connectivity index (χ4n) is 5.14. The normalized spacial score (nSPS) is 13.8. The molecule has 1 aromatic heterocycles. The van der Waals surface area contributed by atoms with Crippen molar-refractivity contribution in [1.82, 2.24) is 9.88 Å². The highest BCUT2D eigenvalue weighted by Crippen LogP contribution is 2.37. The van der Waals surface area contributed by atoms with Gasteiger partial charge in [-0.05, 0) is 86.3 Å². The Morgan fingerprint density at radius 3 is 2.60 bits per heavy atom. The van der Waals surface area contributed by atoms with Gasteiger partial charge in [0.1, 0.15) is 18.6 Å². The number of rotatable bonds is 16. The summed E-state index contributed by atoms with van der Waals surface area (Å²) in [5, 5.41) is 17.2. The number of carbonyl (C=O) groups excluding carboxylic acids is 1. The Balaban J connectivity index is 2.30. The van der Waals surface area contributed by atoms with Crippen molar-refractivity contribution < 1.29 is 19.5 Å². The molecule has 2 unspecified atom stereocenters. The van der Waals surface area contributed by atoms with Crippen molar-refractivity contribution >= 4 is 29.5 Å². The number of nitrogens with zero attached hydrogens (tertiary/aromatic N) is 3. The van der Waals surface area contributed by atoms with Crippen LogP contribution in [0.4, 0.5) is 0 Å². The Labute approximate surface area is 247 Å². The standard InChI is InChI=1S/C33H42N4O5/c1-8-12-35-30(22(3)41-7)18-32-29(19-33(4,5)21-42-36-40)28-17-24(10-11-31(28)37(32)9-2)25-13-23(15-27(39)16-25)14-26(20-38)34-6/h8,10-13,15-18,20,22,26,34,39H,1,9,14,19,21H2,2-7H3/b30-18+,35-12?. The minimum atomic E-state index is -0.411. The van der Waals surface area contributed by atoms with E-state index in [1.54, 1.807) is 38.6 Å². The summed E-state index contributed by atoms with van der Waals surface area (Å²) in [6, 6.07) is 11.3. The molecule has 9 heteroatoms. The molecule has 0 amide bonds. The van der Waals surface area contributed by atoms with Crippen LogP contribution in [0.5, 0.6) is 5.75 Å². The Morgan fingerprint density at radius 2 is 1.98 bits per heavy atom. The molecule has 2 atom stereocenters. The number of phenols is 1. The fourth-order valence-corrected chi connectivity index (χ4v) is 5.14. The van der Waals surface area contributed by atoms with E-state index in [4.69, 9.17) is 9.57 Å². The minimum absolute atomic E-state index is 0.135. The van der Waals surface area contributed by atoms with Gasteiger partial charge >= 0.3 is 0 Å². The molecule has 0 aliphatic rings. The number of aryl methyl sites for hydroxylation is 1. The van der Waals surface area contributed by atoms with E-state index >= 15 is 0 Å². The lowest BCUT2D eigenvalue weighted by molar-refractivity contribution is -0.109. The minimum Gasteiger partial charge on any atom is -0.508 e. The number of methoxy groups -OCH3 is 1. The molecular weight excluding hydrogens is 532 g/mol. The first-order chi connectivity index (χ1) is 20.1. The number of ether oxygens (including phenoxy) is 1. The molecule has 224 valence electrons. The molecule has 0 spiro atoms. The average molecular weight is 575 g/mol. The molecule has 42 heavy (non-hydrogen) atoms. The van der Waals surface area contributed by atoms with Crippen molar-refractivity contribution in [2.45, 2.75) is 59.2 Å². The third kappa shape index (κ3) is 7.80. The van der Waals surface area contributed by atoms with Crippen LogP contribution in [0, 0.1) is 10.3 Å². The van der Waals surface area contributed by atoms with E-state index in [1.165, 1.54) is 0 Å². The Hall–Kier alpha value is -4.08. The van der Waals surface area contributed by atoms with Gasteiger partial charge in [-0.25, -0.2) is 0 Å². The number of aromatic nitrogens is 1. The number of hydrogen-bond donors (Lipinski definition) is 2. The predicted molar refractivity (Wildman–Crippen MR) is 170 cm³/mol. The number of aliphatic imine (C=N–C) groups is 1. The Morgan fingerprint density at radius 1 is 1.21 bits per heavy atom. The van der Waals surface area contributed by atoms with Crippen LogP contribution in [0.1, 0.15) is 44.5 Å². The summed E-state index contributed by atoms with van der Waals surface area (Å²) in [6.45, 7) is 12.7. The molecule has 1 heterocycles. The molecule has 0 fully saturated rings. The van der Waals surface area contributed by atoms with Crippen LogP contribution in [0.25, 0.3) is 28.1 Å². The van der Waals surface area contributed by atoms with E-state index in [9.17, 15) is 14.8 Å². The van der Waals surface area contributed by atoms with E-state index in [2.05, 4.69) is 45.9 Å². The number of aromatic hydroxyl groups is 1. The molecule has 0 aliphatic carbocycles. The highest BCUT2D eigenvalue weighted by molar-refractivity contribution is 5.92. The lowest BCUT2D eigenvalue weighted by Crippen LogP contribution is -2.28. The molecular formula is C33H42N4O5. The molecule has 2 N–H and O–H groups in total. The van der Waals surface area contributed by atoms with Gasteiger partial charge in [0.15, 0.2) is 5.34 Å². The lowest BCUT2D eigenvalue weighted by Gasteiger charge is -2.23. The second-order valence-electron chi connectivity index (χ2n) is 11.1. The summed E-state index contributed by atoms with van der Waals surface area (Å²) in [5.74, 6) is 0.135. The number of nitrogens with one attached hydrogen (secondary N) is 1. The van der Waals surface area contributed by atoms with Crippen molar-refractivity contribution in [3.05, 3.63) is 76.5 Å². The van der Waals surface area contributed by atoms with Gasteiger partial charge < -0.3 is 29.4 Å². The molecule has 0 saturated heterocycles. The van der Waals surface area contributed by atoms with Crippen LogP contribution in [0.3, 0.4) is 0 Å². The molecule has 0 radical (unpaired) electrons. The van der Waals surface area contributed by atoms with Crippen molar-refractivity contribution in [3.63, 3.8) is 0 Å². The van der Waals surface area contributed by atoms with Crippen molar-refractivity contribution in [1.29, 1.82) is 0 Å². The zero-order valence-electron chi connectivity index (χ0n) is 25.4. The van der Waals surface area contributed by atoms with Gasteiger partial charge in [-0.15, -0.1) is 4.91 Å². The van der Waals surface area contributed by atoms with E-state index in [1.807, 2.05) is 39.0 Å². The third-order valence-corrected chi connectivity index (χ3v) is 7.38. The van der Waals surface area contributed by atoms with E-state index in [0.717, 1.165) is 50.8 Å². The summed E-state index contributed by atoms with van der Waals surface area (Å²) in [5.41, 5.74) is 6.05. The SMILES string of the molecule is C=CC=N/C(=C/c1c(CC(C)(C)CON=O)c2cc(-c3cc(O)cc(CC(C=O)NC)c3)ccc2n1CC)C(C)OC. The molecule has 2 aromatic carbocycles. The zero-order chi connectivity index (χ0) is 30.9. The maximum absolute atomic E-state index is 11.4. The smallest absolute Gasteiger partial charge is 0.155 e. The van der Waals surface area contributed by atoms with Gasteiger partial charge in [0.2, 0.25) is 0 Å². The molecule has 0 saturated carbocycles. The van der Waals surface area contributed by atoms with Crippen LogP contribution < -0.4 is 5.32 Å². The van der Waals surface area contributed by atoms with Crippen molar-refractivity contribution in [3.8, 4) is 16.9 Å². The zero-order valence-corrected chi connectivity index (χ0v) is 25.4. The number of allylic oxidation sites excluding steroid dienone is 1. The average Bonchev–Trinajstić information content (AvgIpc) is 3.26. The van der Waals surface area contributed by atoms with E-state index < -0.39 is 5.41 Å². The van der Waals surface area contributed by atoms with Gasteiger partial charge in [0.25, 0.3) is 0 Å². The quantitative estimate of drug-likeness (QED) is 0.0903. The first-order valence-electron chi connectivity index (χ1n) is 14.1. The van der Waals surface area contributed by atoms with Gasteiger partial charge in [-0.2, -0.15) is 0 Å². The van der Waals surface area contributed by atoms with Gasteiger partial charge in [0, 0.05) is 41.9 Å². The van der Waals surface area contributed by atoms with Crippen molar-refractivity contribution in [2.75, 3.05) is 20.8 Å². The van der Waals surface area contributed by atoms with Crippen LogP contribution in [0.15, 0.2) is 65.1 Å². The molecule has 9 nitrogen and oxygen atoms in total. The number of phenolic OH excluding ortho intramolecular Hbond substituents is 1. The van der Waals surface area contributed by atoms with Gasteiger partial charge in [0.05, 0.1) is 17.8 Å². The summed E-state index contributed by atoms with van der Waals surface area (Å²) < 4.78 is 7.86. The number of carbonyl (C=O) groups is 1. The maximum atomic E-state index is 11.4. The van der Waals surface area contributed by atoms with Crippen LogP contribution in [-0.4, -0.2) is 55.1 Å². The molecule has 0 bridgehead atoms. The Bertz CT molecular complexity index is 1470. The van der Waals surface area contributed by atoms with Crippen LogP contribution >= 0.6 is 0 Å². The second kappa shape index (κ2) is 14.7. The summed E-state index contributed by atoms with van der Waals surface area (Å²) in [7, 11) is 3.39. The molecule has 0 aliphatic heterocycles. The molecule has 3 aromatic rings. The summed E-state index contributed by atoms with van der Waals surface area (Å²) in [6.07, 6.45) is 6.98. The van der Waals surface area contributed by atoms with Gasteiger partial charge in [-0.1, -0.05) is 38.6 Å². The van der Waals surface area contributed by atoms with Crippen LogP contribution in [-0.2, 0) is 33.8 Å². The molecule has 3 rings (SSSR count). The number of hydrogen-bond acceptors (Lipinski definition) is 8. The lowest BCUT2D eigenvalue weighted by atomic mass is 9.85. The number of benzene rings is 2. The monoisotopic (exact) mass is 574 g/mol. The summed E-state index contributed by atoms with van der Waals surface area (Å²) in [4.78, 5) is 31.8. The largest absolute Gasteiger partial charge is 0.508 e. The first kappa shape index (κ1) is 32.4. The van der Waals surface area contributed by atoms with Crippen LogP contribution in [0.2, 0.25) is 0 Å².